The Hall–Kier alpha value is -2.93. The monoisotopic (exact) mass is 398 g/mol. The maximum absolute atomic E-state index is 12.5. The van der Waals surface area contributed by atoms with Gasteiger partial charge in [-0.2, -0.15) is 0 Å². The van der Waals surface area contributed by atoms with Gasteiger partial charge in [-0.15, -0.1) is 0 Å². The molecule has 0 spiro atoms. The van der Waals surface area contributed by atoms with E-state index in [1.807, 2.05) is 44.2 Å². The van der Waals surface area contributed by atoms with Gasteiger partial charge in [-0.05, 0) is 30.3 Å². The first-order chi connectivity index (χ1) is 13.2. The van der Waals surface area contributed by atoms with Gasteiger partial charge in [0.25, 0.3) is 5.91 Å². The lowest BCUT2D eigenvalue weighted by Gasteiger charge is -2.22. The summed E-state index contributed by atoms with van der Waals surface area (Å²) in [5.74, 6) is 0.182. The third-order valence-electron chi connectivity index (χ3n) is 4.43. The van der Waals surface area contributed by atoms with Gasteiger partial charge in [0, 0.05) is 29.3 Å². The molecule has 0 aliphatic rings. The van der Waals surface area contributed by atoms with Crippen molar-refractivity contribution in [3.63, 3.8) is 0 Å². The molecule has 0 atom stereocenters. The number of carbonyl (C=O) groups excluding carboxylic acids is 1. The average Bonchev–Trinajstić information content (AvgIpc) is 3.17. The van der Waals surface area contributed by atoms with E-state index in [1.54, 1.807) is 18.4 Å². The molecule has 0 bridgehead atoms. The van der Waals surface area contributed by atoms with Crippen LogP contribution in [0.3, 0.4) is 0 Å². The zero-order valence-electron chi connectivity index (χ0n) is 16.0. The summed E-state index contributed by atoms with van der Waals surface area (Å²) >= 11 is 0. The molecule has 28 heavy (non-hydrogen) atoms. The summed E-state index contributed by atoms with van der Waals surface area (Å²) in [6.45, 7) is 4.22. The minimum Gasteiger partial charge on any atom is -0.444 e. The molecule has 7 heteroatoms. The summed E-state index contributed by atoms with van der Waals surface area (Å²) in [5.41, 5.74) is 1.42. The van der Waals surface area contributed by atoms with Gasteiger partial charge >= 0.3 is 0 Å². The highest BCUT2D eigenvalue weighted by atomic mass is 32.2. The molecule has 1 N–H and O–H groups in total. The first kappa shape index (κ1) is 19.8. The maximum Gasteiger partial charge on any atom is 0.251 e. The summed E-state index contributed by atoms with van der Waals surface area (Å²) in [4.78, 5) is 17.1. The molecule has 0 saturated carbocycles. The fraction of sp³-hybridized carbons (Fsp3) is 0.238. The standard InChI is InChI=1S/C21H22N2O4S/c1-21(2,18-13-27-20(23-18)15-8-5-4-6-9-15)14-22-19(24)16-10-7-11-17(12-16)28(3,25)26/h4-13H,14H2,1-3H3,(H,22,24). The number of rotatable bonds is 6. The van der Waals surface area contributed by atoms with E-state index >= 15 is 0 Å². The van der Waals surface area contributed by atoms with Crippen LogP contribution in [0.1, 0.15) is 29.9 Å². The van der Waals surface area contributed by atoms with E-state index in [2.05, 4.69) is 10.3 Å². The average molecular weight is 398 g/mol. The van der Waals surface area contributed by atoms with Gasteiger partial charge < -0.3 is 9.73 Å². The molecule has 3 aromatic rings. The number of nitrogens with one attached hydrogen (secondary N) is 1. The Balaban J connectivity index is 1.72. The molecule has 0 unspecified atom stereocenters. The van der Waals surface area contributed by atoms with Crippen molar-refractivity contribution >= 4 is 15.7 Å². The van der Waals surface area contributed by atoms with Crippen LogP contribution in [0.4, 0.5) is 0 Å². The van der Waals surface area contributed by atoms with E-state index in [1.165, 1.54) is 12.1 Å². The van der Waals surface area contributed by atoms with Crippen molar-refractivity contribution in [3.05, 3.63) is 72.1 Å². The van der Waals surface area contributed by atoms with Gasteiger partial charge in [0.15, 0.2) is 9.84 Å². The van der Waals surface area contributed by atoms with E-state index in [0.717, 1.165) is 17.5 Å². The Kier molecular flexibility index (Phi) is 5.38. The van der Waals surface area contributed by atoms with Crippen molar-refractivity contribution in [3.8, 4) is 11.5 Å². The van der Waals surface area contributed by atoms with E-state index < -0.39 is 15.3 Å². The Labute approximate surface area is 164 Å². The minimum atomic E-state index is -3.37. The molecule has 2 aromatic carbocycles. The highest BCUT2D eigenvalue weighted by molar-refractivity contribution is 7.90. The zero-order valence-corrected chi connectivity index (χ0v) is 16.8. The van der Waals surface area contributed by atoms with Crippen LogP contribution in [0.5, 0.6) is 0 Å². The fourth-order valence-electron chi connectivity index (χ4n) is 2.66. The van der Waals surface area contributed by atoms with E-state index in [0.29, 0.717) is 18.0 Å². The number of sulfone groups is 1. The molecule has 0 aliphatic heterocycles. The second-order valence-corrected chi connectivity index (χ2v) is 9.29. The number of carbonyl (C=O) groups is 1. The van der Waals surface area contributed by atoms with Crippen LogP contribution in [0.25, 0.3) is 11.5 Å². The van der Waals surface area contributed by atoms with Crippen LogP contribution in [0, 0.1) is 0 Å². The second-order valence-electron chi connectivity index (χ2n) is 7.27. The molecular weight excluding hydrogens is 376 g/mol. The van der Waals surface area contributed by atoms with Gasteiger partial charge in [0.2, 0.25) is 5.89 Å². The maximum atomic E-state index is 12.5. The number of hydrogen-bond acceptors (Lipinski definition) is 5. The molecule has 0 aliphatic carbocycles. The van der Waals surface area contributed by atoms with Gasteiger partial charge in [-0.3, -0.25) is 4.79 Å². The minimum absolute atomic E-state index is 0.114. The normalized spacial score (nSPS) is 12.0. The van der Waals surface area contributed by atoms with E-state index in [9.17, 15) is 13.2 Å². The number of amides is 1. The second kappa shape index (κ2) is 7.59. The topological polar surface area (TPSA) is 89.3 Å². The molecular formula is C21H22N2O4S. The van der Waals surface area contributed by atoms with Crippen LogP contribution in [-0.4, -0.2) is 32.1 Å². The molecule has 146 valence electrons. The van der Waals surface area contributed by atoms with E-state index in [-0.39, 0.29) is 10.8 Å². The SMILES string of the molecule is CC(C)(CNC(=O)c1cccc(S(C)(=O)=O)c1)c1coc(-c2ccccc2)n1. The zero-order chi connectivity index (χ0) is 20.4. The van der Waals surface area contributed by atoms with Crippen LogP contribution in [0.15, 0.2) is 70.2 Å². The molecule has 6 nitrogen and oxygen atoms in total. The Bertz CT molecular complexity index is 1090. The fourth-order valence-corrected chi connectivity index (χ4v) is 3.33. The van der Waals surface area contributed by atoms with Crippen molar-refractivity contribution in [1.82, 2.24) is 10.3 Å². The van der Waals surface area contributed by atoms with Crippen LogP contribution in [-0.2, 0) is 15.3 Å². The van der Waals surface area contributed by atoms with Gasteiger partial charge in [-0.1, -0.05) is 38.1 Å². The highest BCUT2D eigenvalue weighted by Crippen LogP contribution is 2.26. The Morgan fingerprint density at radius 1 is 1.11 bits per heavy atom. The molecule has 0 radical (unpaired) electrons. The first-order valence-electron chi connectivity index (χ1n) is 8.76. The van der Waals surface area contributed by atoms with Crippen molar-refractivity contribution in [2.75, 3.05) is 12.8 Å². The van der Waals surface area contributed by atoms with E-state index in [4.69, 9.17) is 4.42 Å². The van der Waals surface area contributed by atoms with Crippen LogP contribution in [0.2, 0.25) is 0 Å². The molecule has 1 aromatic heterocycles. The Morgan fingerprint density at radius 3 is 2.50 bits per heavy atom. The lowest BCUT2D eigenvalue weighted by atomic mass is 9.90. The predicted octanol–water partition coefficient (Wildman–Crippen LogP) is 3.45. The third kappa shape index (κ3) is 4.48. The van der Waals surface area contributed by atoms with Crippen molar-refractivity contribution in [2.24, 2.45) is 0 Å². The number of nitrogens with zero attached hydrogens (tertiary/aromatic N) is 1. The third-order valence-corrected chi connectivity index (χ3v) is 5.54. The number of benzene rings is 2. The number of oxazole rings is 1. The van der Waals surface area contributed by atoms with Crippen molar-refractivity contribution in [1.29, 1.82) is 0 Å². The summed E-state index contributed by atoms with van der Waals surface area (Å²) in [5, 5.41) is 2.85. The summed E-state index contributed by atoms with van der Waals surface area (Å²) in [6.07, 6.45) is 2.71. The Morgan fingerprint density at radius 2 is 1.82 bits per heavy atom. The largest absolute Gasteiger partial charge is 0.444 e. The molecule has 1 amide bonds. The van der Waals surface area contributed by atoms with Gasteiger partial charge in [0.1, 0.15) is 6.26 Å². The van der Waals surface area contributed by atoms with Crippen molar-refractivity contribution in [2.45, 2.75) is 24.2 Å². The molecule has 1 heterocycles. The van der Waals surface area contributed by atoms with Crippen LogP contribution < -0.4 is 5.32 Å². The summed E-state index contributed by atoms with van der Waals surface area (Å²) < 4.78 is 28.9. The summed E-state index contributed by atoms with van der Waals surface area (Å²) in [7, 11) is -3.37. The predicted molar refractivity (Wildman–Crippen MR) is 107 cm³/mol. The molecule has 0 fully saturated rings. The van der Waals surface area contributed by atoms with Gasteiger partial charge in [0.05, 0.1) is 10.6 Å². The lowest BCUT2D eigenvalue weighted by molar-refractivity contribution is 0.0945. The quantitative estimate of drug-likeness (QED) is 0.687. The number of hydrogen-bond donors (Lipinski definition) is 1. The lowest BCUT2D eigenvalue weighted by Crippen LogP contribution is -2.37. The van der Waals surface area contributed by atoms with Gasteiger partial charge in [-0.25, -0.2) is 13.4 Å². The van der Waals surface area contributed by atoms with Crippen LogP contribution >= 0.6 is 0 Å². The number of aromatic nitrogens is 1. The summed E-state index contributed by atoms with van der Waals surface area (Å²) in [6, 6.07) is 15.6. The molecule has 0 saturated heterocycles. The highest BCUT2D eigenvalue weighted by Gasteiger charge is 2.26. The molecule has 3 rings (SSSR count). The van der Waals surface area contributed by atoms with Crippen molar-refractivity contribution < 1.29 is 17.6 Å². The smallest absolute Gasteiger partial charge is 0.251 e. The first-order valence-corrected chi connectivity index (χ1v) is 10.7.